The van der Waals surface area contributed by atoms with Gasteiger partial charge in [0, 0.05) is 18.0 Å². The van der Waals surface area contributed by atoms with E-state index in [4.69, 9.17) is 4.74 Å². The third-order valence-electron chi connectivity index (χ3n) is 5.15. The van der Waals surface area contributed by atoms with Gasteiger partial charge in [0.15, 0.2) is 0 Å². The molecule has 2 aromatic carbocycles. The second-order valence-corrected chi connectivity index (χ2v) is 6.71. The van der Waals surface area contributed by atoms with Gasteiger partial charge in [-0.15, -0.1) is 0 Å². The van der Waals surface area contributed by atoms with Crippen LogP contribution in [0.3, 0.4) is 0 Å². The van der Waals surface area contributed by atoms with Crippen molar-refractivity contribution in [2.75, 3.05) is 7.11 Å². The van der Waals surface area contributed by atoms with Crippen LogP contribution in [0.1, 0.15) is 30.8 Å². The highest BCUT2D eigenvalue weighted by Gasteiger charge is 2.54. The number of nitrogens with zero attached hydrogens (tertiary/aromatic N) is 2. The molecule has 0 fully saturated rings. The second-order valence-electron chi connectivity index (χ2n) is 6.71. The van der Waals surface area contributed by atoms with Crippen molar-refractivity contribution in [3.8, 4) is 11.4 Å². The first-order valence-electron chi connectivity index (χ1n) is 8.01. The van der Waals surface area contributed by atoms with Gasteiger partial charge in [0.25, 0.3) is 0 Å². The minimum Gasteiger partial charge on any atom is -0.497 e. The summed E-state index contributed by atoms with van der Waals surface area (Å²) in [7, 11) is 1.64. The number of benzene rings is 2. The highest BCUT2D eigenvalue weighted by molar-refractivity contribution is 5.59. The third kappa shape index (κ3) is 1.74. The van der Waals surface area contributed by atoms with Gasteiger partial charge < -0.3 is 14.4 Å². The lowest BCUT2D eigenvalue weighted by Crippen LogP contribution is -2.50. The van der Waals surface area contributed by atoms with Gasteiger partial charge in [-0.1, -0.05) is 30.3 Å². The topological polar surface area (TPSA) is 47.3 Å². The van der Waals surface area contributed by atoms with Crippen molar-refractivity contribution in [1.29, 1.82) is 0 Å². The minimum absolute atomic E-state index is 0.614. The maximum absolute atomic E-state index is 12.0. The average Bonchev–Trinajstić information content (AvgIpc) is 3.11. The van der Waals surface area contributed by atoms with Crippen LogP contribution in [0.2, 0.25) is 0 Å². The van der Waals surface area contributed by atoms with Gasteiger partial charge >= 0.3 is 0 Å². The highest BCUT2D eigenvalue weighted by atomic mass is 16.5. The van der Waals surface area contributed by atoms with Crippen molar-refractivity contribution >= 4 is 0 Å². The number of rotatable bonds is 2. The maximum Gasteiger partial charge on any atom is 0.129 e. The van der Waals surface area contributed by atoms with Crippen molar-refractivity contribution in [3.05, 3.63) is 77.9 Å². The van der Waals surface area contributed by atoms with Crippen LogP contribution in [0.15, 0.2) is 60.9 Å². The number of aromatic nitrogens is 2. The standard InChI is InChI=1S/C20H20N2O2/c1-19(2)18-21-11-12-22(18)17-10-9-15(24-3)13-16(17)20(19,23)14-7-5-4-6-8-14/h4-13,23H,1-3H3. The average molecular weight is 320 g/mol. The predicted octanol–water partition coefficient (Wildman–Crippen LogP) is 3.41. The molecule has 1 unspecified atom stereocenters. The summed E-state index contributed by atoms with van der Waals surface area (Å²) in [5.41, 5.74) is 0.771. The van der Waals surface area contributed by atoms with E-state index in [1.54, 1.807) is 13.3 Å². The zero-order valence-corrected chi connectivity index (χ0v) is 14.0. The van der Waals surface area contributed by atoms with Crippen LogP contribution >= 0.6 is 0 Å². The monoisotopic (exact) mass is 320 g/mol. The highest BCUT2D eigenvalue weighted by Crippen LogP contribution is 2.52. The molecule has 3 aromatic rings. The molecule has 0 spiro atoms. The van der Waals surface area contributed by atoms with Crippen molar-refractivity contribution in [3.63, 3.8) is 0 Å². The Hall–Kier alpha value is -2.59. The van der Waals surface area contributed by atoms with E-state index in [0.29, 0.717) is 0 Å². The van der Waals surface area contributed by atoms with E-state index in [0.717, 1.165) is 28.4 Å². The molecule has 0 amide bonds. The Balaban J connectivity index is 2.11. The van der Waals surface area contributed by atoms with Crippen molar-refractivity contribution in [1.82, 2.24) is 9.55 Å². The number of methoxy groups -OCH3 is 1. The van der Waals surface area contributed by atoms with Crippen LogP contribution in [-0.4, -0.2) is 21.8 Å². The fraction of sp³-hybridized carbons (Fsp3) is 0.250. The molecule has 0 bridgehead atoms. The first-order valence-corrected chi connectivity index (χ1v) is 8.01. The van der Waals surface area contributed by atoms with Crippen molar-refractivity contribution in [2.24, 2.45) is 0 Å². The molecule has 1 aliphatic heterocycles. The van der Waals surface area contributed by atoms with Crippen molar-refractivity contribution in [2.45, 2.75) is 24.9 Å². The molecule has 1 N–H and O–H groups in total. The number of imidazole rings is 1. The molecule has 0 saturated heterocycles. The molecule has 4 heteroatoms. The lowest BCUT2D eigenvalue weighted by Gasteiger charge is -2.47. The Morgan fingerprint density at radius 1 is 1.08 bits per heavy atom. The zero-order valence-electron chi connectivity index (χ0n) is 14.0. The second kappa shape index (κ2) is 4.95. The van der Waals surface area contributed by atoms with Gasteiger partial charge in [0.1, 0.15) is 17.2 Å². The molecule has 0 saturated carbocycles. The quantitative estimate of drug-likeness (QED) is 0.787. The number of hydrogen-bond donors (Lipinski definition) is 1. The number of ether oxygens (including phenoxy) is 1. The Kier molecular flexibility index (Phi) is 3.09. The zero-order chi connectivity index (χ0) is 16.9. The molecular formula is C20H20N2O2. The summed E-state index contributed by atoms with van der Waals surface area (Å²) < 4.78 is 7.46. The van der Waals surface area contributed by atoms with E-state index in [2.05, 4.69) is 4.98 Å². The van der Waals surface area contributed by atoms with Crippen LogP contribution in [0.25, 0.3) is 5.69 Å². The number of hydrogen-bond acceptors (Lipinski definition) is 3. The summed E-state index contributed by atoms with van der Waals surface area (Å²) in [6.07, 6.45) is 3.72. The Morgan fingerprint density at radius 3 is 2.54 bits per heavy atom. The fourth-order valence-electron chi connectivity index (χ4n) is 3.80. The summed E-state index contributed by atoms with van der Waals surface area (Å²) in [6, 6.07) is 15.6. The summed E-state index contributed by atoms with van der Waals surface area (Å²) in [4.78, 5) is 4.54. The van der Waals surface area contributed by atoms with Crippen LogP contribution in [0.5, 0.6) is 5.75 Å². The Labute approximate surface area is 141 Å². The molecule has 4 rings (SSSR count). The summed E-state index contributed by atoms with van der Waals surface area (Å²) in [5, 5.41) is 12.0. The van der Waals surface area contributed by atoms with E-state index in [1.807, 2.05) is 73.1 Å². The third-order valence-corrected chi connectivity index (χ3v) is 5.15. The van der Waals surface area contributed by atoms with Gasteiger partial charge in [-0.05, 0) is 37.6 Å². The summed E-state index contributed by atoms with van der Waals surface area (Å²) in [5.74, 6) is 1.56. The van der Waals surface area contributed by atoms with Crippen LogP contribution in [-0.2, 0) is 11.0 Å². The van der Waals surface area contributed by atoms with Gasteiger partial charge in [-0.2, -0.15) is 0 Å². The molecule has 24 heavy (non-hydrogen) atoms. The van der Waals surface area contributed by atoms with E-state index in [-0.39, 0.29) is 0 Å². The van der Waals surface area contributed by atoms with Crippen LogP contribution in [0, 0.1) is 0 Å². The smallest absolute Gasteiger partial charge is 0.129 e. The van der Waals surface area contributed by atoms with Gasteiger partial charge in [0.2, 0.25) is 0 Å². The predicted molar refractivity (Wildman–Crippen MR) is 92.6 cm³/mol. The van der Waals surface area contributed by atoms with E-state index in [1.165, 1.54) is 0 Å². The molecule has 0 radical (unpaired) electrons. The normalized spacial score (nSPS) is 21.0. The van der Waals surface area contributed by atoms with E-state index < -0.39 is 11.0 Å². The lowest BCUT2D eigenvalue weighted by atomic mass is 9.64. The molecule has 0 aliphatic carbocycles. The Bertz CT molecular complexity index is 899. The van der Waals surface area contributed by atoms with Gasteiger partial charge in [-0.25, -0.2) is 4.98 Å². The maximum atomic E-state index is 12.0. The van der Waals surface area contributed by atoms with E-state index >= 15 is 0 Å². The van der Waals surface area contributed by atoms with Crippen LogP contribution < -0.4 is 4.74 Å². The molecule has 2 heterocycles. The summed E-state index contributed by atoms with van der Waals surface area (Å²) >= 11 is 0. The largest absolute Gasteiger partial charge is 0.497 e. The summed E-state index contributed by atoms with van der Waals surface area (Å²) in [6.45, 7) is 4.06. The Morgan fingerprint density at radius 2 is 1.83 bits per heavy atom. The molecule has 1 aliphatic rings. The first-order chi connectivity index (χ1) is 11.5. The SMILES string of the molecule is COc1ccc2c(c1)C(O)(c1ccccc1)C(C)(C)c1nccn1-2. The lowest BCUT2D eigenvalue weighted by molar-refractivity contribution is -0.00133. The van der Waals surface area contributed by atoms with Gasteiger partial charge in [0.05, 0.1) is 18.2 Å². The minimum atomic E-state index is -1.21. The number of aliphatic hydroxyl groups is 1. The van der Waals surface area contributed by atoms with E-state index in [9.17, 15) is 5.11 Å². The molecule has 4 nitrogen and oxygen atoms in total. The molecule has 122 valence electrons. The first kappa shape index (κ1) is 15.0. The molecular weight excluding hydrogens is 300 g/mol. The van der Waals surface area contributed by atoms with Crippen LogP contribution in [0.4, 0.5) is 0 Å². The number of fused-ring (bicyclic) bond motifs is 3. The van der Waals surface area contributed by atoms with Gasteiger partial charge in [-0.3, -0.25) is 0 Å². The molecule has 1 atom stereocenters. The van der Waals surface area contributed by atoms with Crippen molar-refractivity contribution < 1.29 is 9.84 Å². The fourth-order valence-corrected chi connectivity index (χ4v) is 3.80. The molecule has 1 aromatic heterocycles.